The van der Waals surface area contributed by atoms with E-state index in [0.29, 0.717) is 19.0 Å². The van der Waals surface area contributed by atoms with Gasteiger partial charge in [0.2, 0.25) is 0 Å². The molecule has 0 rings (SSSR count). The zero-order valence-corrected chi connectivity index (χ0v) is 5.76. The van der Waals surface area contributed by atoms with Crippen LogP contribution >= 0.6 is 0 Å². The minimum absolute atomic E-state index is 0.422. The predicted molar refractivity (Wildman–Crippen MR) is 35.1 cm³/mol. The van der Waals surface area contributed by atoms with E-state index in [9.17, 15) is 0 Å². The van der Waals surface area contributed by atoms with Gasteiger partial charge in [-0.2, -0.15) is 0 Å². The van der Waals surface area contributed by atoms with Crippen molar-refractivity contribution in [1.82, 2.24) is 0 Å². The molecule has 4 nitrogen and oxygen atoms in total. The molecule has 0 aliphatic rings. The standard InChI is InChI=1S/C5H12N2O2/c1-5(6)7-9-4-3-8-2/h3-4H2,1-2H3,(H2,6,7). The van der Waals surface area contributed by atoms with Gasteiger partial charge in [0.05, 0.1) is 6.61 Å². The molecule has 0 aromatic carbocycles. The third-order valence-electron chi connectivity index (χ3n) is 0.587. The maximum Gasteiger partial charge on any atom is 0.140 e. The summed E-state index contributed by atoms with van der Waals surface area (Å²) in [4.78, 5) is 4.67. The lowest BCUT2D eigenvalue weighted by molar-refractivity contribution is 0.0748. The van der Waals surface area contributed by atoms with Crippen molar-refractivity contribution in [3.63, 3.8) is 0 Å². The predicted octanol–water partition coefficient (Wildman–Crippen LogP) is -0.0585. The number of nitrogens with zero attached hydrogens (tertiary/aromatic N) is 1. The van der Waals surface area contributed by atoms with Gasteiger partial charge in [0, 0.05) is 7.11 Å². The maximum atomic E-state index is 5.16. The van der Waals surface area contributed by atoms with Crippen molar-refractivity contribution in [3.8, 4) is 0 Å². The molecule has 0 radical (unpaired) electrons. The van der Waals surface area contributed by atoms with E-state index >= 15 is 0 Å². The Hall–Kier alpha value is -0.770. The highest BCUT2D eigenvalue weighted by atomic mass is 16.6. The Bertz CT molecular complexity index is 89.0. The van der Waals surface area contributed by atoms with Gasteiger partial charge in [-0.3, -0.25) is 0 Å². The Kier molecular flexibility index (Phi) is 4.91. The van der Waals surface area contributed by atoms with Gasteiger partial charge in [-0.25, -0.2) is 0 Å². The molecule has 0 unspecified atom stereocenters. The summed E-state index contributed by atoms with van der Waals surface area (Å²) in [6.07, 6.45) is 0. The summed E-state index contributed by atoms with van der Waals surface area (Å²) in [5, 5.41) is 3.48. The third kappa shape index (κ3) is 7.23. The van der Waals surface area contributed by atoms with Crippen molar-refractivity contribution in [3.05, 3.63) is 0 Å². The lowest BCUT2D eigenvalue weighted by Crippen LogP contribution is -2.07. The van der Waals surface area contributed by atoms with E-state index in [0.717, 1.165) is 0 Å². The molecule has 0 bridgehead atoms. The van der Waals surface area contributed by atoms with Crippen LogP contribution in [0.3, 0.4) is 0 Å². The molecule has 0 atom stereocenters. The molecular formula is C5H12N2O2. The SMILES string of the molecule is COCCO/N=C(/C)N. The largest absolute Gasteiger partial charge is 0.392 e. The van der Waals surface area contributed by atoms with Crippen LogP contribution < -0.4 is 5.73 Å². The van der Waals surface area contributed by atoms with Gasteiger partial charge in [0.25, 0.3) is 0 Å². The van der Waals surface area contributed by atoms with Gasteiger partial charge in [0.15, 0.2) is 0 Å². The second kappa shape index (κ2) is 5.37. The fourth-order valence-electron chi connectivity index (χ4n) is 0.268. The highest BCUT2D eigenvalue weighted by Gasteiger charge is 1.81. The molecule has 9 heavy (non-hydrogen) atoms. The van der Waals surface area contributed by atoms with Gasteiger partial charge >= 0.3 is 0 Å². The monoisotopic (exact) mass is 132 g/mol. The van der Waals surface area contributed by atoms with Crippen LogP contribution in [0, 0.1) is 0 Å². The van der Waals surface area contributed by atoms with Crippen molar-refractivity contribution < 1.29 is 9.57 Å². The first-order chi connectivity index (χ1) is 4.27. The van der Waals surface area contributed by atoms with E-state index in [1.54, 1.807) is 14.0 Å². The molecule has 2 N–H and O–H groups in total. The van der Waals surface area contributed by atoms with Crippen LogP contribution in [0.5, 0.6) is 0 Å². The number of nitrogens with two attached hydrogens (primary N) is 1. The molecule has 0 aromatic heterocycles. The first kappa shape index (κ1) is 8.23. The quantitative estimate of drug-likeness (QED) is 0.252. The van der Waals surface area contributed by atoms with Gasteiger partial charge < -0.3 is 15.3 Å². The topological polar surface area (TPSA) is 56.8 Å². The van der Waals surface area contributed by atoms with E-state index in [-0.39, 0.29) is 0 Å². The van der Waals surface area contributed by atoms with Crippen LogP contribution in [-0.4, -0.2) is 26.2 Å². The first-order valence-corrected chi connectivity index (χ1v) is 2.68. The fourth-order valence-corrected chi connectivity index (χ4v) is 0.268. The Morgan fingerprint density at radius 2 is 2.22 bits per heavy atom. The Morgan fingerprint density at radius 3 is 2.67 bits per heavy atom. The third-order valence-corrected chi connectivity index (χ3v) is 0.587. The summed E-state index contributed by atoms with van der Waals surface area (Å²) in [6, 6.07) is 0. The van der Waals surface area contributed by atoms with E-state index in [1.807, 2.05) is 0 Å². The highest BCUT2D eigenvalue weighted by Crippen LogP contribution is 1.75. The summed E-state index contributed by atoms with van der Waals surface area (Å²) in [5.41, 5.74) is 5.16. The summed E-state index contributed by atoms with van der Waals surface area (Å²) >= 11 is 0. The number of hydrogen-bond donors (Lipinski definition) is 1. The molecule has 4 heteroatoms. The zero-order chi connectivity index (χ0) is 7.11. The summed E-state index contributed by atoms with van der Waals surface area (Å²) in [6.45, 7) is 2.65. The molecule has 0 heterocycles. The van der Waals surface area contributed by atoms with Crippen LogP contribution in [0.15, 0.2) is 5.16 Å². The molecule has 0 saturated heterocycles. The number of amidine groups is 1. The van der Waals surface area contributed by atoms with Gasteiger partial charge in [0.1, 0.15) is 12.4 Å². The van der Waals surface area contributed by atoms with Gasteiger partial charge in [-0.15, -0.1) is 0 Å². The molecule has 0 fully saturated rings. The van der Waals surface area contributed by atoms with Crippen molar-refractivity contribution >= 4 is 5.84 Å². The van der Waals surface area contributed by atoms with Crippen LogP contribution in [0.4, 0.5) is 0 Å². The van der Waals surface area contributed by atoms with Crippen molar-refractivity contribution in [1.29, 1.82) is 0 Å². The zero-order valence-electron chi connectivity index (χ0n) is 5.76. The minimum Gasteiger partial charge on any atom is -0.392 e. The summed E-state index contributed by atoms with van der Waals surface area (Å²) < 4.78 is 4.69. The molecule has 0 saturated carbocycles. The minimum atomic E-state index is 0.422. The second-order valence-electron chi connectivity index (χ2n) is 1.56. The Morgan fingerprint density at radius 1 is 1.56 bits per heavy atom. The van der Waals surface area contributed by atoms with Gasteiger partial charge in [-0.05, 0) is 6.92 Å². The number of oxime groups is 1. The average molecular weight is 132 g/mol. The Labute approximate surface area is 54.6 Å². The molecule has 0 aromatic rings. The normalized spacial score (nSPS) is 11.6. The van der Waals surface area contributed by atoms with Crippen LogP contribution in [-0.2, 0) is 9.57 Å². The highest BCUT2D eigenvalue weighted by molar-refractivity contribution is 5.76. The van der Waals surface area contributed by atoms with Crippen LogP contribution in [0.25, 0.3) is 0 Å². The lowest BCUT2D eigenvalue weighted by Gasteiger charge is -1.96. The van der Waals surface area contributed by atoms with E-state index in [4.69, 9.17) is 5.73 Å². The molecule has 54 valence electrons. The second-order valence-corrected chi connectivity index (χ2v) is 1.56. The van der Waals surface area contributed by atoms with E-state index < -0.39 is 0 Å². The molecule has 0 amide bonds. The Balaban J connectivity index is 3.00. The van der Waals surface area contributed by atoms with Crippen molar-refractivity contribution in [2.75, 3.05) is 20.3 Å². The number of hydrogen-bond acceptors (Lipinski definition) is 3. The number of ether oxygens (including phenoxy) is 1. The number of methoxy groups -OCH3 is 1. The molecule has 0 spiro atoms. The van der Waals surface area contributed by atoms with Gasteiger partial charge in [-0.1, -0.05) is 5.16 Å². The van der Waals surface area contributed by atoms with Crippen LogP contribution in [0.2, 0.25) is 0 Å². The molecule has 0 aliphatic carbocycles. The van der Waals surface area contributed by atoms with Crippen molar-refractivity contribution in [2.45, 2.75) is 6.92 Å². The lowest BCUT2D eigenvalue weighted by atomic mass is 10.7. The fraction of sp³-hybridized carbons (Fsp3) is 0.800. The smallest absolute Gasteiger partial charge is 0.140 e. The molecule has 0 aliphatic heterocycles. The van der Waals surface area contributed by atoms with Crippen LogP contribution in [0.1, 0.15) is 6.92 Å². The summed E-state index contributed by atoms with van der Waals surface area (Å²) in [7, 11) is 1.60. The van der Waals surface area contributed by atoms with E-state index in [2.05, 4.69) is 14.7 Å². The molecular weight excluding hydrogens is 120 g/mol. The average Bonchev–Trinajstić information content (AvgIpc) is 1.80. The number of rotatable bonds is 4. The maximum absolute atomic E-state index is 5.16. The van der Waals surface area contributed by atoms with E-state index in [1.165, 1.54) is 0 Å². The first-order valence-electron chi connectivity index (χ1n) is 2.68. The van der Waals surface area contributed by atoms with Crippen molar-refractivity contribution in [2.24, 2.45) is 10.9 Å². The summed E-state index contributed by atoms with van der Waals surface area (Å²) in [5.74, 6) is 0.422.